The molecule has 2 aliphatic rings. The van der Waals surface area contributed by atoms with Gasteiger partial charge in [-0.1, -0.05) is 66.9 Å². The molecule has 1 aliphatic heterocycles. The van der Waals surface area contributed by atoms with Crippen molar-refractivity contribution in [1.29, 1.82) is 0 Å². The Morgan fingerprint density at radius 2 is 1.51 bits per heavy atom. The fraction of sp³-hybridized carbons (Fsp3) is 0.636. The number of nitrogens with one attached hydrogen (secondary N) is 1. The Morgan fingerprint density at radius 3 is 2.05 bits per heavy atom. The average Bonchev–Trinajstić information content (AvgIpc) is 3.16. The molecule has 39 heavy (non-hydrogen) atoms. The third kappa shape index (κ3) is 6.77. The van der Waals surface area contributed by atoms with E-state index in [1.807, 2.05) is 0 Å². The Labute approximate surface area is 235 Å². The third-order valence-electron chi connectivity index (χ3n) is 8.57. The highest BCUT2D eigenvalue weighted by molar-refractivity contribution is 5.97. The van der Waals surface area contributed by atoms with E-state index in [0.717, 1.165) is 23.5 Å². The zero-order valence-corrected chi connectivity index (χ0v) is 25.4. The van der Waals surface area contributed by atoms with Crippen molar-refractivity contribution in [2.75, 3.05) is 26.8 Å². The van der Waals surface area contributed by atoms with Crippen LogP contribution < -0.4 is 5.32 Å². The molecule has 6 nitrogen and oxygen atoms in total. The molecule has 0 bridgehead atoms. The Hall–Kier alpha value is -2.60. The van der Waals surface area contributed by atoms with Crippen molar-refractivity contribution in [1.82, 2.24) is 14.8 Å². The average molecular weight is 536 g/mol. The lowest BCUT2D eigenvalue weighted by Gasteiger charge is -2.39. The first-order valence-electron chi connectivity index (χ1n) is 14.7. The van der Waals surface area contributed by atoms with Crippen molar-refractivity contribution in [2.45, 2.75) is 104 Å². The molecule has 0 atom stereocenters. The molecule has 1 N–H and O–H groups in total. The smallest absolute Gasteiger partial charge is 0.253 e. The van der Waals surface area contributed by atoms with E-state index >= 15 is 0 Å². The van der Waals surface area contributed by atoms with Gasteiger partial charge in [0, 0.05) is 38.1 Å². The van der Waals surface area contributed by atoms with E-state index in [9.17, 15) is 9.59 Å². The molecule has 1 saturated heterocycles. The lowest BCUT2D eigenvalue weighted by molar-refractivity contribution is -0.139. The van der Waals surface area contributed by atoms with E-state index in [1.54, 1.807) is 4.90 Å². The molecular formula is C33H49N3O3. The van der Waals surface area contributed by atoms with Gasteiger partial charge >= 0.3 is 0 Å². The molecule has 1 aromatic heterocycles. The van der Waals surface area contributed by atoms with Gasteiger partial charge in [0.1, 0.15) is 6.61 Å². The van der Waals surface area contributed by atoms with Gasteiger partial charge in [-0.05, 0) is 71.4 Å². The number of methoxy groups -OCH3 is 1. The predicted molar refractivity (Wildman–Crippen MR) is 158 cm³/mol. The quantitative estimate of drug-likeness (QED) is 0.457. The van der Waals surface area contributed by atoms with Gasteiger partial charge in [0.2, 0.25) is 5.91 Å². The molecule has 4 rings (SSSR count). The molecule has 0 radical (unpaired) electrons. The summed E-state index contributed by atoms with van der Waals surface area (Å²) in [4.78, 5) is 27.3. The van der Waals surface area contributed by atoms with Gasteiger partial charge in [0.15, 0.2) is 0 Å². The summed E-state index contributed by atoms with van der Waals surface area (Å²) < 4.78 is 7.37. The van der Waals surface area contributed by atoms with Crippen molar-refractivity contribution >= 4 is 11.8 Å². The normalized spacial score (nSPS) is 17.3. The summed E-state index contributed by atoms with van der Waals surface area (Å²) in [6.07, 6.45) is 6.42. The summed E-state index contributed by atoms with van der Waals surface area (Å²) >= 11 is 0. The molecule has 1 saturated carbocycles. The topological polar surface area (TPSA) is 63.6 Å². The van der Waals surface area contributed by atoms with E-state index in [1.165, 1.54) is 55.9 Å². The Morgan fingerprint density at radius 1 is 0.923 bits per heavy atom. The van der Waals surface area contributed by atoms with Crippen LogP contribution in [0.5, 0.6) is 0 Å². The monoisotopic (exact) mass is 535 g/mol. The minimum absolute atomic E-state index is 0.0163. The van der Waals surface area contributed by atoms with Crippen LogP contribution in [0.3, 0.4) is 0 Å². The van der Waals surface area contributed by atoms with E-state index in [4.69, 9.17) is 4.74 Å². The molecule has 1 aromatic carbocycles. The Balaban J connectivity index is 1.69. The molecule has 2 fully saturated rings. The fourth-order valence-electron chi connectivity index (χ4n) is 5.87. The first kappa shape index (κ1) is 29.4. The first-order chi connectivity index (χ1) is 18.3. The molecule has 2 aromatic rings. The molecular weight excluding hydrogens is 486 g/mol. The second-order valence-corrected chi connectivity index (χ2v) is 13.8. The van der Waals surface area contributed by atoms with Crippen LogP contribution in [0.1, 0.15) is 101 Å². The number of rotatable bonds is 7. The molecule has 0 spiro atoms. The van der Waals surface area contributed by atoms with Gasteiger partial charge < -0.3 is 19.5 Å². The zero-order valence-electron chi connectivity index (χ0n) is 25.4. The van der Waals surface area contributed by atoms with Crippen molar-refractivity contribution < 1.29 is 14.3 Å². The zero-order chi connectivity index (χ0) is 28.5. The molecule has 6 heteroatoms. The largest absolute Gasteiger partial charge is 0.375 e. The van der Waals surface area contributed by atoms with E-state index in [-0.39, 0.29) is 35.3 Å². The predicted octanol–water partition coefficient (Wildman–Crippen LogP) is 6.23. The van der Waals surface area contributed by atoms with Crippen LogP contribution in [0.2, 0.25) is 0 Å². The summed E-state index contributed by atoms with van der Waals surface area (Å²) in [5.74, 6) is 0.552. The minimum Gasteiger partial charge on any atom is -0.375 e. The second kappa shape index (κ2) is 11.5. The second-order valence-electron chi connectivity index (χ2n) is 13.8. The maximum absolute atomic E-state index is 13.6. The van der Waals surface area contributed by atoms with E-state index in [2.05, 4.69) is 82.6 Å². The van der Waals surface area contributed by atoms with Gasteiger partial charge in [-0.3, -0.25) is 9.59 Å². The highest BCUT2D eigenvalue weighted by Crippen LogP contribution is 2.37. The molecule has 214 valence electrons. The molecule has 2 amide bonds. The summed E-state index contributed by atoms with van der Waals surface area (Å²) in [6.45, 7) is 17.8. The SMILES string of the molecule is COCC(=O)N1CC(NC(=O)c2cc(-c3cc(C(C)(C)C)cc(C(C)(C)C)c3)n(CC3CCCCC3)c2C)C1. The van der Waals surface area contributed by atoms with Gasteiger partial charge in [-0.2, -0.15) is 0 Å². The number of hydrogen-bond donors (Lipinski definition) is 1. The number of carbonyl (C=O) groups is 2. The lowest BCUT2D eigenvalue weighted by Crippen LogP contribution is -2.61. The van der Waals surface area contributed by atoms with Crippen LogP contribution >= 0.6 is 0 Å². The van der Waals surface area contributed by atoms with Crippen LogP contribution in [0.15, 0.2) is 24.3 Å². The highest BCUT2D eigenvalue weighted by atomic mass is 16.5. The first-order valence-corrected chi connectivity index (χ1v) is 14.7. The van der Waals surface area contributed by atoms with Gasteiger partial charge in [0.25, 0.3) is 5.91 Å². The van der Waals surface area contributed by atoms with Crippen molar-refractivity contribution in [2.24, 2.45) is 5.92 Å². The van der Waals surface area contributed by atoms with Crippen molar-refractivity contribution in [3.63, 3.8) is 0 Å². The molecule has 2 heterocycles. The Kier molecular flexibility index (Phi) is 8.65. The van der Waals surface area contributed by atoms with Crippen LogP contribution in [0.25, 0.3) is 11.3 Å². The summed E-state index contributed by atoms with van der Waals surface area (Å²) in [5.41, 5.74) is 6.74. The van der Waals surface area contributed by atoms with Gasteiger partial charge in [-0.15, -0.1) is 0 Å². The summed E-state index contributed by atoms with van der Waals surface area (Å²) in [6, 6.07) is 9.09. The number of aromatic nitrogens is 1. The number of amides is 2. The number of benzene rings is 1. The van der Waals surface area contributed by atoms with Crippen LogP contribution in [0.4, 0.5) is 0 Å². The van der Waals surface area contributed by atoms with Crippen molar-refractivity contribution in [3.05, 3.63) is 46.6 Å². The molecule has 0 unspecified atom stereocenters. The summed E-state index contributed by atoms with van der Waals surface area (Å²) in [5, 5.41) is 3.18. The third-order valence-corrected chi connectivity index (χ3v) is 8.57. The van der Waals surface area contributed by atoms with Crippen LogP contribution in [0, 0.1) is 12.8 Å². The maximum atomic E-state index is 13.6. The molecule has 1 aliphatic carbocycles. The van der Waals surface area contributed by atoms with Crippen LogP contribution in [-0.4, -0.2) is 54.1 Å². The lowest BCUT2D eigenvalue weighted by atomic mass is 9.79. The van der Waals surface area contributed by atoms with Crippen LogP contribution in [-0.2, 0) is 26.9 Å². The number of nitrogens with zero attached hydrogens (tertiary/aromatic N) is 2. The van der Waals surface area contributed by atoms with Crippen molar-refractivity contribution in [3.8, 4) is 11.3 Å². The maximum Gasteiger partial charge on any atom is 0.253 e. The minimum atomic E-state index is -0.0528. The van der Waals surface area contributed by atoms with Gasteiger partial charge in [0.05, 0.1) is 11.6 Å². The van der Waals surface area contributed by atoms with E-state index in [0.29, 0.717) is 19.0 Å². The van der Waals surface area contributed by atoms with E-state index < -0.39 is 0 Å². The Bertz CT molecular complexity index is 1150. The highest BCUT2D eigenvalue weighted by Gasteiger charge is 2.33. The summed E-state index contributed by atoms with van der Waals surface area (Å²) in [7, 11) is 1.52. The van der Waals surface area contributed by atoms with Gasteiger partial charge in [-0.25, -0.2) is 0 Å². The number of carbonyl (C=O) groups excluding carboxylic acids is 2. The fourth-order valence-corrected chi connectivity index (χ4v) is 5.87. The number of hydrogen-bond acceptors (Lipinski definition) is 3. The number of ether oxygens (including phenoxy) is 1. The number of likely N-dealkylation sites (tertiary alicyclic amines) is 1. The standard InChI is InChI=1S/C33H49N3O3/c1-22-28(31(38)34-27-19-35(20-27)30(37)21-39-8)17-29(36(22)18-23-12-10-9-11-13-23)24-14-25(32(2,3)4)16-26(15-24)33(5,6)7/h14-17,23,27H,9-13,18-21H2,1-8H3,(H,34,38).